The Hall–Kier alpha value is -2.14. The first-order chi connectivity index (χ1) is 9.65. The molecule has 0 fully saturated rings. The van der Waals surface area contributed by atoms with Crippen LogP contribution in [0.15, 0.2) is 53.0 Å². The predicted molar refractivity (Wildman–Crippen MR) is 80.9 cm³/mol. The third kappa shape index (κ3) is 2.32. The van der Waals surface area contributed by atoms with Crippen molar-refractivity contribution in [3.05, 3.63) is 58.6 Å². The van der Waals surface area contributed by atoms with Crippen molar-refractivity contribution in [1.29, 1.82) is 0 Å². The Morgan fingerprint density at radius 2 is 1.80 bits per heavy atom. The van der Waals surface area contributed by atoms with Crippen LogP contribution in [0.2, 0.25) is 0 Å². The number of hydrogen-bond acceptors (Lipinski definition) is 2. The molecule has 20 heavy (non-hydrogen) atoms. The van der Waals surface area contributed by atoms with Crippen molar-refractivity contribution in [1.82, 2.24) is 0 Å². The minimum Gasteiger partial charge on any atom is -0.323 e. The minimum absolute atomic E-state index is 0.0336. The number of fused-ring (bicyclic) bond motifs is 1. The maximum atomic E-state index is 12.5. The molecule has 1 N–H and O–H groups in total. The van der Waals surface area contributed by atoms with Crippen molar-refractivity contribution in [2.24, 2.45) is 0 Å². The van der Waals surface area contributed by atoms with Gasteiger partial charge in [0.1, 0.15) is 6.54 Å². The average Bonchev–Trinajstić information content (AvgIpc) is 2.46. The molecule has 2 amide bonds. The lowest BCUT2D eigenvalue weighted by molar-refractivity contribution is -0.115. The Morgan fingerprint density at radius 1 is 1.10 bits per heavy atom. The summed E-state index contributed by atoms with van der Waals surface area (Å²) < 4.78 is 0.908. The summed E-state index contributed by atoms with van der Waals surface area (Å²) in [6.45, 7) is 0.0336. The third-order valence-electron chi connectivity index (χ3n) is 3.11. The van der Waals surface area contributed by atoms with Gasteiger partial charge in [0.15, 0.2) is 0 Å². The lowest BCUT2D eigenvalue weighted by Crippen LogP contribution is -2.42. The topological polar surface area (TPSA) is 49.4 Å². The van der Waals surface area contributed by atoms with Gasteiger partial charge in [0.25, 0.3) is 5.91 Å². The summed E-state index contributed by atoms with van der Waals surface area (Å²) in [4.78, 5) is 25.8. The molecule has 2 aromatic carbocycles. The van der Waals surface area contributed by atoms with Crippen LogP contribution in [0.1, 0.15) is 10.4 Å². The molecular weight excluding hydrogens is 320 g/mol. The molecule has 0 saturated carbocycles. The van der Waals surface area contributed by atoms with E-state index in [0.29, 0.717) is 11.3 Å². The lowest BCUT2D eigenvalue weighted by atomic mass is 10.1. The number of carbonyl (C=O) groups excluding carboxylic acids is 2. The number of nitrogens with one attached hydrogen (secondary N) is 1. The molecule has 3 rings (SSSR count). The molecule has 5 heteroatoms. The Morgan fingerprint density at radius 3 is 2.55 bits per heavy atom. The highest BCUT2D eigenvalue weighted by atomic mass is 79.9. The van der Waals surface area contributed by atoms with Gasteiger partial charge in [-0.1, -0.05) is 28.1 Å². The Balaban J connectivity index is 1.99. The summed E-state index contributed by atoms with van der Waals surface area (Å²) in [7, 11) is 0. The van der Waals surface area contributed by atoms with Crippen molar-refractivity contribution < 1.29 is 9.59 Å². The largest absolute Gasteiger partial charge is 0.323 e. The van der Waals surface area contributed by atoms with Crippen LogP contribution in [0.25, 0.3) is 0 Å². The lowest BCUT2D eigenvalue weighted by Gasteiger charge is -2.29. The van der Waals surface area contributed by atoms with Gasteiger partial charge in [-0.2, -0.15) is 0 Å². The van der Waals surface area contributed by atoms with Crippen LogP contribution in [0, 0.1) is 0 Å². The van der Waals surface area contributed by atoms with Crippen molar-refractivity contribution in [3.63, 3.8) is 0 Å². The fourth-order valence-corrected chi connectivity index (χ4v) is 2.43. The van der Waals surface area contributed by atoms with Gasteiger partial charge >= 0.3 is 0 Å². The fraction of sp³-hybridized carbons (Fsp3) is 0.0667. The molecule has 1 heterocycles. The minimum atomic E-state index is -0.186. The van der Waals surface area contributed by atoms with E-state index < -0.39 is 0 Å². The van der Waals surface area contributed by atoms with Gasteiger partial charge in [0, 0.05) is 10.0 Å². The number of anilines is 2. The summed E-state index contributed by atoms with van der Waals surface area (Å²) in [5.41, 5.74) is 1.94. The fourth-order valence-electron chi connectivity index (χ4n) is 2.16. The molecule has 4 nitrogen and oxygen atoms in total. The molecule has 0 saturated heterocycles. The van der Waals surface area contributed by atoms with Crippen LogP contribution in [0.5, 0.6) is 0 Å². The van der Waals surface area contributed by atoms with Crippen molar-refractivity contribution >= 4 is 39.1 Å². The standard InChI is InChI=1S/C15H11BrN2O2/c16-11-7-5-10(6-8-11)15(20)18-9-14(19)17-12-3-1-2-4-13(12)18/h1-8H,9H2,(H,17,19). The number of nitrogens with zero attached hydrogens (tertiary/aromatic N) is 1. The van der Waals surface area contributed by atoms with Gasteiger partial charge in [-0.15, -0.1) is 0 Å². The number of carbonyl (C=O) groups is 2. The molecule has 0 aliphatic carbocycles. The van der Waals surface area contributed by atoms with E-state index >= 15 is 0 Å². The molecule has 0 spiro atoms. The monoisotopic (exact) mass is 330 g/mol. The Kier molecular flexibility index (Phi) is 3.28. The van der Waals surface area contributed by atoms with E-state index in [1.165, 1.54) is 4.90 Å². The smallest absolute Gasteiger partial charge is 0.258 e. The second-order valence-electron chi connectivity index (χ2n) is 4.46. The van der Waals surface area contributed by atoms with E-state index in [2.05, 4.69) is 21.2 Å². The number of halogens is 1. The van der Waals surface area contributed by atoms with Gasteiger partial charge in [-0.25, -0.2) is 0 Å². The second-order valence-corrected chi connectivity index (χ2v) is 5.38. The third-order valence-corrected chi connectivity index (χ3v) is 3.64. The van der Waals surface area contributed by atoms with Crippen molar-refractivity contribution in [2.75, 3.05) is 16.8 Å². The van der Waals surface area contributed by atoms with Crippen molar-refractivity contribution in [2.45, 2.75) is 0 Å². The number of amides is 2. The number of para-hydroxylation sites is 2. The van der Waals surface area contributed by atoms with Gasteiger partial charge in [-0.05, 0) is 36.4 Å². The predicted octanol–water partition coefficient (Wildman–Crippen LogP) is 3.05. The van der Waals surface area contributed by atoms with Gasteiger partial charge < -0.3 is 5.32 Å². The maximum absolute atomic E-state index is 12.5. The molecule has 2 aromatic rings. The molecule has 1 aliphatic rings. The Bertz CT molecular complexity index is 683. The molecule has 0 radical (unpaired) electrons. The van der Waals surface area contributed by atoms with Crippen LogP contribution in [0.4, 0.5) is 11.4 Å². The highest BCUT2D eigenvalue weighted by Gasteiger charge is 2.27. The van der Waals surface area contributed by atoms with Gasteiger partial charge in [0.2, 0.25) is 5.91 Å². The van der Waals surface area contributed by atoms with E-state index in [-0.39, 0.29) is 18.4 Å². The zero-order chi connectivity index (χ0) is 14.1. The normalized spacial score (nSPS) is 13.7. The molecule has 0 bridgehead atoms. The first-order valence-corrected chi connectivity index (χ1v) is 6.91. The summed E-state index contributed by atoms with van der Waals surface area (Å²) in [6, 6.07) is 14.4. The molecule has 0 unspecified atom stereocenters. The first kappa shape index (κ1) is 12.9. The summed E-state index contributed by atoms with van der Waals surface area (Å²) in [5, 5.41) is 2.76. The zero-order valence-electron chi connectivity index (χ0n) is 10.5. The molecule has 0 atom stereocenters. The van der Waals surface area contributed by atoms with E-state index in [9.17, 15) is 9.59 Å². The molecular formula is C15H11BrN2O2. The average molecular weight is 331 g/mol. The summed E-state index contributed by atoms with van der Waals surface area (Å²) in [5.74, 6) is -0.367. The van der Waals surface area contributed by atoms with E-state index in [1.807, 2.05) is 30.3 Å². The van der Waals surface area contributed by atoms with Crippen LogP contribution in [0.3, 0.4) is 0 Å². The summed E-state index contributed by atoms with van der Waals surface area (Å²) in [6.07, 6.45) is 0. The summed E-state index contributed by atoms with van der Waals surface area (Å²) >= 11 is 3.34. The maximum Gasteiger partial charge on any atom is 0.258 e. The Labute approximate surface area is 124 Å². The second kappa shape index (κ2) is 5.09. The number of hydrogen-bond donors (Lipinski definition) is 1. The van der Waals surface area contributed by atoms with Crippen LogP contribution < -0.4 is 10.2 Å². The van der Waals surface area contributed by atoms with Gasteiger partial charge in [0.05, 0.1) is 11.4 Å². The molecule has 100 valence electrons. The van der Waals surface area contributed by atoms with Gasteiger partial charge in [-0.3, -0.25) is 14.5 Å². The number of rotatable bonds is 1. The molecule has 0 aromatic heterocycles. The first-order valence-electron chi connectivity index (χ1n) is 6.11. The van der Waals surface area contributed by atoms with E-state index in [4.69, 9.17) is 0 Å². The van der Waals surface area contributed by atoms with Crippen molar-refractivity contribution in [3.8, 4) is 0 Å². The highest BCUT2D eigenvalue weighted by Crippen LogP contribution is 2.30. The quantitative estimate of drug-likeness (QED) is 0.873. The highest BCUT2D eigenvalue weighted by molar-refractivity contribution is 9.10. The SMILES string of the molecule is O=C1CN(C(=O)c2ccc(Br)cc2)c2ccccc2N1. The number of benzene rings is 2. The van der Waals surface area contributed by atoms with Crippen LogP contribution >= 0.6 is 15.9 Å². The molecule has 1 aliphatic heterocycles. The van der Waals surface area contributed by atoms with Crippen LogP contribution in [-0.4, -0.2) is 18.4 Å². The zero-order valence-corrected chi connectivity index (χ0v) is 12.1. The van der Waals surface area contributed by atoms with E-state index in [0.717, 1.165) is 10.2 Å². The van der Waals surface area contributed by atoms with E-state index in [1.54, 1.807) is 18.2 Å². The van der Waals surface area contributed by atoms with Crippen LogP contribution in [-0.2, 0) is 4.79 Å².